The molecule has 1 heterocycles. The highest BCUT2D eigenvalue weighted by Gasteiger charge is 2.37. The summed E-state index contributed by atoms with van der Waals surface area (Å²) in [7, 11) is 2.19. The molecule has 7 nitrogen and oxygen atoms in total. The van der Waals surface area contributed by atoms with Crippen LogP contribution in [0.15, 0.2) is 29.5 Å². The number of hydrogen-bond acceptors (Lipinski definition) is 7. The van der Waals surface area contributed by atoms with Crippen LogP contribution in [0.25, 0.3) is 0 Å². The fourth-order valence-electron chi connectivity index (χ4n) is 2.38. The van der Waals surface area contributed by atoms with Crippen molar-refractivity contribution in [2.24, 2.45) is 0 Å². The van der Waals surface area contributed by atoms with E-state index in [1.165, 1.54) is 12.1 Å². The molecular weight excluding hydrogens is 359 g/mol. The number of hydrogen-bond donors (Lipinski definition) is 0. The first-order chi connectivity index (χ1) is 12.2. The van der Waals surface area contributed by atoms with Gasteiger partial charge >= 0.3 is 18.3 Å². The molecule has 0 aromatic heterocycles. The predicted molar refractivity (Wildman–Crippen MR) is 82.2 cm³/mol. The molecule has 0 bridgehead atoms. The summed E-state index contributed by atoms with van der Waals surface area (Å²) in [6.45, 7) is 1.10. The van der Waals surface area contributed by atoms with Gasteiger partial charge in [-0.05, 0) is 24.6 Å². The van der Waals surface area contributed by atoms with Crippen LogP contribution in [0.1, 0.15) is 5.56 Å². The van der Waals surface area contributed by atoms with Crippen LogP contribution < -0.4 is 9.64 Å². The lowest BCUT2D eigenvalue weighted by Gasteiger charge is -2.32. The maximum atomic E-state index is 12.7. The molecule has 1 aromatic rings. The smallest absolute Gasteiger partial charge is 0.466 e. The van der Waals surface area contributed by atoms with Gasteiger partial charge in [0.25, 0.3) is 0 Å². The summed E-state index contributed by atoms with van der Waals surface area (Å²) >= 11 is 0. The maximum Gasteiger partial charge on any atom is 0.573 e. The molecule has 0 fully saturated rings. The van der Waals surface area contributed by atoms with E-state index in [1.807, 2.05) is 0 Å². The highest BCUT2D eigenvalue weighted by atomic mass is 19.4. The number of aryl methyl sites for hydroxylation is 1. The average Bonchev–Trinajstić information content (AvgIpc) is 2.60. The van der Waals surface area contributed by atoms with Crippen molar-refractivity contribution in [1.29, 1.82) is 0 Å². The molecule has 2 rings (SSSR count). The lowest BCUT2D eigenvalue weighted by Crippen LogP contribution is -2.39. The second-order valence-electron chi connectivity index (χ2n) is 5.23. The molecule has 0 saturated heterocycles. The molecular formula is C16H16F3NO6. The number of carbonyl (C=O) groups excluding carboxylic acids is 2. The van der Waals surface area contributed by atoms with Crippen LogP contribution in [-0.4, -0.2) is 45.9 Å². The minimum Gasteiger partial charge on any atom is -0.466 e. The Bertz CT molecular complexity index is 744. The van der Waals surface area contributed by atoms with Gasteiger partial charge in [0.05, 0.1) is 32.1 Å². The maximum absolute atomic E-state index is 12.7. The molecule has 0 spiro atoms. The van der Waals surface area contributed by atoms with Gasteiger partial charge in [-0.3, -0.25) is 0 Å². The third-order valence-electron chi connectivity index (χ3n) is 3.46. The van der Waals surface area contributed by atoms with Crippen LogP contribution in [0.4, 0.5) is 18.9 Å². The minimum atomic E-state index is -4.94. The van der Waals surface area contributed by atoms with Gasteiger partial charge in [-0.15, -0.1) is 13.2 Å². The second kappa shape index (κ2) is 7.65. The van der Waals surface area contributed by atoms with E-state index < -0.39 is 24.1 Å². The quantitative estimate of drug-likeness (QED) is 0.748. The lowest BCUT2D eigenvalue weighted by atomic mass is 10.1. The van der Waals surface area contributed by atoms with Gasteiger partial charge in [0.1, 0.15) is 12.4 Å². The number of carbonyl (C=O) groups is 2. The van der Waals surface area contributed by atoms with Crippen molar-refractivity contribution in [2.75, 3.05) is 32.5 Å². The zero-order chi connectivity index (χ0) is 19.5. The highest BCUT2D eigenvalue weighted by Crippen LogP contribution is 2.37. The molecule has 0 N–H and O–H groups in total. The zero-order valence-electron chi connectivity index (χ0n) is 14.2. The number of esters is 2. The number of nitrogens with zero attached hydrogens (tertiary/aromatic N) is 1. The van der Waals surface area contributed by atoms with Gasteiger partial charge in [0.15, 0.2) is 5.75 Å². The number of methoxy groups -OCH3 is 2. The van der Waals surface area contributed by atoms with E-state index in [-0.39, 0.29) is 30.3 Å². The molecule has 1 aromatic carbocycles. The summed E-state index contributed by atoms with van der Waals surface area (Å²) in [4.78, 5) is 25.2. The van der Waals surface area contributed by atoms with Gasteiger partial charge in [0, 0.05) is 0 Å². The molecule has 142 valence electrons. The number of anilines is 1. The second-order valence-corrected chi connectivity index (χ2v) is 5.23. The van der Waals surface area contributed by atoms with Crippen molar-refractivity contribution in [2.45, 2.75) is 13.3 Å². The number of rotatable bonds is 4. The Morgan fingerprint density at radius 1 is 1.15 bits per heavy atom. The van der Waals surface area contributed by atoms with Gasteiger partial charge in [0.2, 0.25) is 0 Å². The van der Waals surface area contributed by atoms with Crippen LogP contribution >= 0.6 is 0 Å². The molecule has 0 amide bonds. The minimum absolute atomic E-state index is 0.108. The van der Waals surface area contributed by atoms with Crippen molar-refractivity contribution in [3.63, 3.8) is 0 Å². The molecule has 0 aliphatic carbocycles. The van der Waals surface area contributed by atoms with E-state index in [1.54, 1.807) is 6.92 Å². The third kappa shape index (κ3) is 4.26. The van der Waals surface area contributed by atoms with Gasteiger partial charge in [-0.1, -0.05) is 6.07 Å². The molecule has 1 aliphatic rings. The zero-order valence-corrected chi connectivity index (χ0v) is 14.2. The Hall–Kier alpha value is -2.75. The summed E-state index contributed by atoms with van der Waals surface area (Å²) < 4.78 is 56.7. The van der Waals surface area contributed by atoms with Crippen LogP contribution in [0.5, 0.6) is 5.75 Å². The topological polar surface area (TPSA) is 74.3 Å². The average molecular weight is 375 g/mol. The molecule has 0 unspecified atom stereocenters. The largest absolute Gasteiger partial charge is 0.573 e. The fraction of sp³-hybridized carbons (Fsp3) is 0.375. The third-order valence-corrected chi connectivity index (χ3v) is 3.46. The van der Waals surface area contributed by atoms with Crippen molar-refractivity contribution >= 4 is 17.6 Å². The molecule has 10 heteroatoms. The molecule has 1 aliphatic heterocycles. The standard InChI is InChI=1S/C16H16F3NO6/c1-9-4-5-12(26-16(17,18)19)11(6-9)20-8-25-7-10(14(21)23-2)13(20)15(22)24-3/h4-6H,7-8H2,1-3H3. The molecule has 0 atom stereocenters. The first-order valence-corrected chi connectivity index (χ1v) is 7.29. The summed E-state index contributed by atoms with van der Waals surface area (Å²) in [5.74, 6) is -2.34. The van der Waals surface area contributed by atoms with Gasteiger partial charge < -0.3 is 23.8 Å². The van der Waals surface area contributed by atoms with E-state index >= 15 is 0 Å². The molecule has 0 radical (unpaired) electrons. The number of halogens is 3. The Morgan fingerprint density at radius 2 is 1.81 bits per heavy atom. The van der Waals surface area contributed by atoms with E-state index in [4.69, 9.17) is 4.74 Å². The lowest BCUT2D eigenvalue weighted by molar-refractivity contribution is -0.274. The summed E-state index contributed by atoms with van der Waals surface area (Å²) in [5, 5.41) is 0. The molecule has 26 heavy (non-hydrogen) atoms. The number of benzene rings is 1. The van der Waals surface area contributed by atoms with Gasteiger partial charge in [-0.2, -0.15) is 0 Å². The summed E-state index contributed by atoms with van der Waals surface area (Å²) in [5.41, 5.74) is 0.0426. The van der Waals surface area contributed by atoms with E-state index in [0.717, 1.165) is 25.2 Å². The Labute approximate surface area is 146 Å². The first-order valence-electron chi connectivity index (χ1n) is 7.29. The predicted octanol–water partition coefficient (Wildman–Crippen LogP) is 2.29. The number of ether oxygens (including phenoxy) is 4. The molecule has 0 saturated carbocycles. The fourth-order valence-corrected chi connectivity index (χ4v) is 2.38. The van der Waals surface area contributed by atoms with Crippen molar-refractivity contribution < 1.29 is 41.7 Å². The first kappa shape index (κ1) is 19.6. The van der Waals surface area contributed by atoms with Crippen LogP contribution in [-0.2, 0) is 23.8 Å². The van der Waals surface area contributed by atoms with E-state index in [2.05, 4.69) is 14.2 Å². The number of alkyl halides is 3. The van der Waals surface area contributed by atoms with Crippen LogP contribution in [0, 0.1) is 6.92 Å². The van der Waals surface area contributed by atoms with Crippen LogP contribution in [0.2, 0.25) is 0 Å². The Kier molecular flexibility index (Phi) is 5.76. The summed E-state index contributed by atoms with van der Waals surface area (Å²) in [6, 6.07) is 3.89. The highest BCUT2D eigenvalue weighted by molar-refractivity contribution is 6.03. The Morgan fingerprint density at radius 3 is 2.38 bits per heavy atom. The normalized spacial score (nSPS) is 14.9. The Balaban J connectivity index is 2.63. The van der Waals surface area contributed by atoms with Crippen molar-refractivity contribution in [1.82, 2.24) is 0 Å². The SMILES string of the molecule is COC(=O)C1=C(C(=O)OC)N(c2cc(C)ccc2OC(F)(F)F)COC1. The summed E-state index contributed by atoms with van der Waals surface area (Å²) in [6.07, 6.45) is -4.94. The van der Waals surface area contributed by atoms with Crippen molar-refractivity contribution in [3.8, 4) is 5.75 Å². The van der Waals surface area contributed by atoms with Crippen molar-refractivity contribution in [3.05, 3.63) is 35.0 Å². The van der Waals surface area contributed by atoms with E-state index in [9.17, 15) is 22.8 Å². The van der Waals surface area contributed by atoms with Gasteiger partial charge in [-0.25, -0.2) is 9.59 Å². The van der Waals surface area contributed by atoms with Crippen LogP contribution in [0.3, 0.4) is 0 Å². The van der Waals surface area contributed by atoms with E-state index in [0.29, 0.717) is 5.56 Å². The monoisotopic (exact) mass is 375 g/mol.